The summed E-state index contributed by atoms with van der Waals surface area (Å²) in [6, 6.07) is 8.39. The highest BCUT2D eigenvalue weighted by atomic mass is 32.1. The van der Waals surface area contributed by atoms with Gasteiger partial charge in [0.15, 0.2) is 0 Å². The molecule has 0 saturated heterocycles. The fraction of sp³-hybridized carbons (Fsp3) is 0.500. The molecule has 0 fully saturated rings. The second-order valence-corrected chi connectivity index (χ2v) is 11.3. The zero-order chi connectivity index (χ0) is 20.3. The van der Waals surface area contributed by atoms with Gasteiger partial charge in [-0.25, -0.2) is 4.98 Å². The summed E-state index contributed by atoms with van der Waals surface area (Å²) in [5, 5.41) is 0.822. The van der Waals surface area contributed by atoms with Crippen molar-refractivity contribution in [1.82, 2.24) is 9.97 Å². The zero-order valence-electron chi connectivity index (χ0n) is 17.8. The summed E-state index contributed by atoms with van der Waals surface area (Å²) in [4.78, 5) is 23.1. The normalized spacial score (nSPS) is 17.7. The molecule has 2 aromatic heterocycles. The fourth-order valence-electron chi connectivity index (χ4n) is 4.19. The molecule has 0 bridgehead atoms. The van der Waals surface area contributed by atoms with Crippen molar-refractivity contribution in [2.75, 3.05) is 0 Å². The third kappa shape index (κ3) is 3.43. The van der Waals surface area contributed by atoms with Gasteiger partial charge in [0.1, 0.15) is 10.7 Å². The molecule has 0 spiro atoms. The minimum Gasteiger partial charge on any atom is -0.306 e. The summed E-state index contributed by atoms with van der Waals surface area (Å²) in [6.45, 7) is 13.6. The van der Waals surface area contributed by atoms with Crippen molar-refractivity contribution in [3.05, 3.63) is 50.6 Å². The van der Waals surface area contributed by atoms with E-state index in [1.807, 2.05) is 0 Å². The van der Waals surface area contributed by atoms with Gasteiger partial charge in [0.2, 0.25) is 0 Å². The summed E-state index contributed by atoms with van der Waals surface area (Å²) in [7, 11) is 0. The maximum Gasteiger partial charge on any atom is 0.260 e. The van der Waals surface area contributed by atoms with Crippen molar-refractivity contribution in [1.29, 1.82) is 0 Å². The van der Waals surface area contributed by atoms with Crippen LogP contribution in [-0.4, -0.2) is 9.97 Å². The van der Waals surface area contributed by atoms with E-state index in [-0.39, 0.29) is 11.0 Å². The molecule has 28 heavy (non-hydrogen) atoms. The number of thiophene rings is 1. The molecule has 0 radical (unpaired) electrons. The number of aromatic amines is 1. The van der Waals surface area contributed by atoms with Gasteiger partial charge in [-0.05, 0) is 47.1 Å². The molecule has 1 N–H and O–H groups in total. The van der Waals surface area contributed by atoms with Crippen molar-refractivity contribution < 1.29 is 0 Å². The first-order chi connectivity index (χ1) is 13.0. The Labute approximate surface area is 171 Å². The number of H-pyrrole nitrogens is 1. The average molecular weight is 395 g/mol. The van der Waals surface area contributed by atoms with Crippen LogP contribution in [0, 0.1) is 11.3 Å². The van der Waals surface area contributed by atoms with Crippen LogP contribution in [0.5, 0.6) is 0 Å². The molecule has 4 heteroatoms. The molecule has 1 aliphatic rings. The van der Waals surface area contributed by atoms with Crippen LogP contribution in [0.3, 0.4) is 0 Å². The Balaban J connectivity index is 1.75. The van der Waals surface area contributed by atoms with Crippen LogP contribution in [0.15, 0.2) is 29.1 Å². The molecule has 3 aromatic rings. The van der Waals surface area contributed by atoms with Gasteiger partial charge in [-0.2, -0.15) is 0 Å². The van der Waals surface area contributed by atoms with Crippen molar-refractivity contribution in [3.63, 3.8) is 0 Å². The first-order valence-corrected chi connectivity index (χ1v) is 11.0. The maximum absolute atomic E-state index is 12.9. The average Bonchev–Trinajstić information content (AvgIpc) is 2.98. The van der Waals surface area contributed by atoms with Gasteiger partial charge in [-0.3, -0.25) is 4.79 Å². The van der Waals surface area contributed by atoms with Crippen LogP contribution in [0.2, 0.25) is 0 Å². The Morgan fingerprint density at radius 2 is 1.75 bits per heavy atom. The number of aromatic nitrogens is 2. The van der Waals surface area contributed by atoms with Crippen molar-refractivity contribution in [2.24, 2.45) is 11.3 Å². The number of nitrogens with zero attached hydrogens (tertiary/aromatic N) is 1. The third-order valence-electron chi connectivity index (χ3n) is 6.17. The van der Waals surface area contributed by atoms with Gasteiger partial charge in [-0.1, -0.05) is 65.8 Å². The Hall–Kier alpha value is -1.94. The monoisotopic (exact) mass is 394 g/mol. The van der Waals surface area contributed by atoms with Gasteiger partial charge < -0.3 is 4.98 Å². The number of hydrogen-bond acceptors (Lipinski definition) is 3. The molecule has 1 atom stereocenters. The van der Waals surface area contributed by atoms with E-state index in [4.69, 9.17) is 4.98 Å². The lowest BCUT2D eigenvalue weighted by Gasteiger charge is -2.33. The van der Waals surface area contributed by atoms with Gasteiger partial charge in [0, 0.05) is 10.4 Å². The lowest BCUT2D eigenvalue weighted by atomic mass is 9.72. The lowest BCUT2D eigenvalue weighted by Crippen LogP contribution is -2.26. The highest BCUT2D eigenvalue weighted by Crippen LogP contribution is 2.42. The quantitative estimate of drug-likeness (QED) is 0.542. The Bertz CT molecular complexity index is 1080. The van der Waals surface area contributed by atoms with Crippen molar-refractivity contribution in [2.45, 2.75) is 66.2 Å². The molecular formula is C24H30N2OS. The SMILES string of the molecule is CC(C)(C)c1ccc(-c2nc3sc4c(c3c(=O)[nH]2)CCC(C(C)(C)C)C4)cc1. The predicted octanol–water partition coefficient (Wildman–Crippen LogP) is 6.10. The van der Waals surface area contributed by atoms with E-state index in [1.54, 1.807) is 11.3 Å². The van der Waals surface area contributed by atoms with Gasteiger partial charge in [-0.15, -0.1) is 11.3 Å². The third-order valence-corrected chi connectivity index (χ3v) is 7.32. The lowest BCUT2D eigenvalue weighted by molar-refractivity contribution is 0.218. The molecule has 0 saturated carbocycles. The molecule has 1 aromatic carbocycles. The number of aryl methyl sites for hydroxylation is 1. The second-order valence-electron chi connectivity index (χ2n) is 10.2. The Morgan fingerprint density at radius 3 is 2.36 bits per heavy atom. The van der Waals surface area contributed by atoms with Crippen LogP contribution in [-0.2, 0) is 18.3 Å². The summed E-state index contributed by atoms with van der Waals surface area (Å²) in [5.74, 6) is 1.33. The second kappa shape index (κ2) is 6.55. The fourth-order valence-corrected chi connectivity index (χ4v) is 5.49. The van der Waals surface area contributed by atoms with Crippen molar-refractivity contribution in [3.8, 4) is 11.4 Å². The minimum atomic E-state index is 0.00612. The molecular weight excluding hydrogens is 364 g/mol. The highest BCUT2D eigenvalue weighted by Gasteiger charge is 2.31. The summed E-state index contributed by atoms with van der Waals surface area (Å²) in [5.41, 5.74) is 3.90. The van der Waals surface area contributed by atoms with E-state index in [0.717, 1.165) is 35.0 Å². The molecule has 2 heterocycles. The van der Waals surface area contributed by atoms with Gasteiger partial charge in [0.25, 0.3) is 5.56 Å². The van der Waals surface area contributed by atoms with Crippen LogP contribution in [0.25, 0.3) is 21.6 Å². The molecule has 0 aliphatic heterocycles. The molecule has 1 aliphatic carbocycles. The van der Waals surface area contributed by atoms with E-state index >= 15 is 0 Å². The number of benzene rings is 1. The first kappa shape index (κ1) is 19.4. The van der Waals surface area contributed by atoms with Crippen LogP contribution in [0.1, 0.15) is 64.0 Å². The number of fused-ring (bicyclic) bond motifs is 3. The molecule has 0 amide bonds. The Morgan fingerprint density at radius 1 is 1.07 bits per heavy atom. The number of nitrogens with one attached hydrogen (secondary N) is 1. The van der Waals surface area contributed by atoms with E-state index in [9.17, 15) is 4.79 Å². The maximum atomic E-state index is 12.9. The van der Waals surface area contributed by atoms with Crippen molar-refractivity contribution >= 4 is 21.6 Å². The van der Waals surface area contributed by atoms with E-state index < -0.39 is 0 Å². The molecule has 1 unspecified atom stereocenters. The highest BCUT2D eigenvalue weighted by molar-refractivity contribution is 7.18. The smallest absolute Gasteiger partial charge is 0.260 e. The van der Waals surface area contributed by atoms with E-state index in [0.29, 0.717) is 17.2 Å². The summed E-state index contributed by atoms with van der Waals surface area (Å²) < 4.78 is 0. The molecule has 148 valence electrons. The molecule has 3 nitrogen and oxygen atoms in total. The van der Waals surface area contributed by atoms with Crippen LogP contribution >= 0.6 is 11.3 Å². The zero-order valence-corrected chi connectivity index (χ0v) is 18.6. The van der Waals surface area contributed by atoms with E-state index in [2.05, 4.69) is 70.8 Å². The Kier molecular flexibility index (Phi) is 4.53. The number of hydrogen-bond donors (Lipinski definition) is 1. The summed E-state index contributed by atoms with van der Waals surface area (Å²) >= 11 is 1.72. The predicted molar refractivity (Wildman–Crippen MR) is 119 cm³/mol. The largest absolute Gasteiger partial charge is 0.306 e. The molecule has 4 rings (SSSR count). The van der Waals surface area contributed by atoms with Crippen LogP contribution < -0.4 is 5.56 Å². The van der Waals surface area contributed by atoms with Gasteiger partial charge >= 0.3 is 0 Å². The van der Waals surface area contributed by atoms with E-state index in [1.165, 1.54) is 16.0 Å². The van der Waals surface area contributed by atoms with Gasteiger partial charge in [0.05, 0.1) is 5.39 Å². The standard InChI is InChI=1S/C24H30N2OS/c1-23(2,3)15-9-7-14(8-10-15)20-25-21(27)19-17-12-11-16(24(4,5)6)13-18(17)28-22(19)26-20/h7-10,16H,11-13H2,1-6H3,(H,25,26,27). The number of rotatable bonds is 1. The first-order valence-electron chi connectivity index (χ1n) is 10.2. The van der Waals surface area contributed by atoms with Crippen LogP contribution in [0.4, 0.5) is 0 Å². The summed E-state index contributed by atoms with van der Waals surface area (Å²) in [6.07, 6.45) is 3.20. The topological polar surface area (TPSA) is 45.8 Å². The minimum absolute atomic E-state index is 0.00612.